The standard InChI is InChI=1S/C20H32F2N4O2.HI/c1-15-7-11-26(12-8-15)10-4-9-24-20(23-2)25-14-16-5-6-17(27-3)18(13-16)28-19(21)22;/h5-6,13,15,19H,4,7-12,14H2,1-3H3,(H2,23,24,25);1H. The SMILES string of the molecule is CN=C(NCCCN1CCC(C)CC1)NCc1ccc(OC)c(OC(F)F)c1.I. The number of halogens is 3. The zero-order chi connectivity index (χ0) is 20.4. The summed E-state index contributed by atoms with van der Waals surface area (Å²) in [5.74, 6) is 1.83. The molecule has 29 heavy (non-hydrogen) atoms. The Bertz CT molecular complexity index is 626. The second-order valence-electron chi connectivity index (χ2n) is 7.09. The number of hydrogen-bond acceptors (Lipinski definition) is 4. The number of nitrogens with one attached hydrogen (secondary N) is 2. The fourth-order valence-corrected chi connectivity index (χ4v) is 3.22. The van der Waals surface area contributed by atoms with E-state index < -0.39 is 6.61 Å². The molecule has 0 spiro atoms. The molecule has 166 valence electrons. The van der Waals surface area contributed by atoms with Gasteiger partial charge in [-0.1, -0.05) is 13.0 Å². The zero-order valence-electron chi connectivity index (χ0n) is 17.4. The van der Waals surface area contributed by atoms with E-state index in [2.05, 4.69) is 32.2 Å². The topological polar surface area (TPSA) is 58.1 Å². The average Bonchev–Trinajstić information content (AvgIpc) is 2.68. The number of nitrogens with zero attached hydrogens (tertiary/aromatic N) is 2. The lowest BCUT2D eigenvalue weighted by molar-refractivity contribution is -0.0512. The minimum Gasteiger partial charge on any atom is -0.493 e. The average molecular weight is 526 g/mol. The smallest absolute Gasteiger partial charge is 0.387 e. The van der Waals surface area contributed by atoms with Crippen molar-refractivity contribution in [1.82, 2.24) is 15.5 Å². The van der Waals surface area contributed by atoms with E-state index in [1.54, 1.807) is 25.2 Å². The van der Waals surface area contributed by atoms with Crippen molar-refractivity contribution in [1.29, 1.82) is 0 Å². The molecule has 6 nitrogen and oxygen atoms in total. The Labute approximate surface area is 189 Å². The molecule has 0 atom stereocenters. The Morgan fingerprint density at radius 2 is 1.97 bits per heavy atom. The van der Waals surface area contributed by atoms with Gasteiger partial charge in [0.25, 0.3) is 0 Å². The van der Waals surface area contributed by atoms with Crippen molar-refractivity contribution < 1.29 is 18.3 Å². The summed E-state index contributed by atoms with van der Waals surface area (Å²) in [5, 5.41) is 6.48. The van der Waals surface area contributed by atoms with Crippen LogP contribution in [0.4, 0.5) is 8.78 Å². The van der Waals surface area contributed by atoms with Gasteiger partial charge in [-0.15, -0.1) is 24.0 Å². The van der Waals surface area contributed by atoms with Gasteiger partial charge in [-0.05, 0) is 62.5 Å². The predicted octanol–water partition coefficient (Wildman–Crippen LogP) is 3.70. The van der Waals surface area contributed by atoms with Gasteiger partial charge in [-0.2, -0.15) is 8.78 Å². The van der Waals surface area contributed by atoms with Crippen molar-refractivity contribution in [3.05, 3.63) is 23.8 Å². The summed E-state index contributed by atoms with van der Waals surface area (Å²) in [6.07, 6.45) is 3.62. The van der Waals surface area contributed by atoms with E-state index in [0.29, 0.717) is 12.5 Å². The van der Waals surface area contributed by atoms with Gasteiger partial charge < -0.3 is 25.0 Å². The number of methoxy groups -OCH3 is 1. The number of guanidine groups is 1. The first kappa shape index (κ1) is 25.7. The highest BCUT2D eigenvalue weighted by molar-refractivity contribution is 14.0. The Morgan fingerprint density at radius 1 is 1.24 bits per heavy atom. The lowest BCUT2D eigenvalue weighted by Gasteiger charge is -2.30. The second kappa shape index (κ2) is 13.8. The van der Waals surface area contributed by atoms with Crippen molar-refractivity contribution in [2.24, 2.45) is 10.9 Å². The molecule has 0 aromatic heterocycles. The lowest BCUT2D eigenvalue weighted by atomic mass is 9.99. The van der Waals surface area contributed by atoms with E-state index in [9.17, 15) is 8.78 Å². The summed E-state index contributed by atoms with van der Waals surface area (Å²) >= 11 is 0. The van der Waals surface area contributed by atoms with Gasteiger partial charge in [-0.3, -0.25) is 4.99 Å². The Balaban J connectivity index is 0.00000420. The molecule has 1 fully saturated rings. The molecule has 0 saturated carbocycles. The van der Waals surface area contributed by atoms with Crippen LogP contribution in [0.5, 0.6) is 11.5 Å². The molecular formula is C20H33F2IN4O2. The van der Waals surface area contributed by atoms with Crippen LogP contribution in [0, 0.1) is 5.92 Å². The Kier molecular flexibility index (Phi) is 12.2. The summed E-state index contributed by atoms with van der Waals surface area (Å²) in [4.78, 5) is 6.72. The molecule has 1 heterocycles. The highest BCUT2D eigenvalue weighted by Crippen LogP contribution is 2.29. The fraction of sp³-hybridized carbons (Fsp3) is 0.650. The highest BCUT2D eigenvalue weighted by Gasteiger charge is 2.15. The summed E-state index contributed by atoms with van der Waals surface area (Å²) in [6.45, 7) is 4.16. The van der Waals surface area contributed by atoms with Crippen LogP contribution in [-0.2, 0) is 6.54 Å². The molecular weight excluding hydrogens is 493 g/mol. The minimum atomic E-state index is -2.89. The molecule has 0 amide bonds. The third-order valence-corrected chi connectivity index (χ3v) is 4.95. The van der Waals surface area contributed by atoms with Crippen LogP contribution in [0.3, 0.4) is 0 Å². The molecule has 0 bridgehead atoms. The maximum absolute atomic E-state index is 12.5. The molecule has 1 saturated heterocycles. The highest BCUT2D eigenvalue weighted by atomic mass is 127. The van der Waals surface area contributed by atoms with Crippen LogP contribution in [0.2, 0.25) is 0 Å². The van der Waals surface area contributed by atoms with Gasteiger partial charge in [0.05, 0.1) is 7.11 Å². The van der Waals surface area contributed by atoms with Crippen molar-refractivity contribution >= 4 is 29.9 Å². The van der Waals surface area contributed by atoms with E-state index in [1.807, 2.05) is 0 Å². The van der Waals surface area contributed by atoms with Crippen LogP contribution in [0.15, 0.2) is 23.2 Å². The van der Waals surface area contributed by atoms with Gasteiger partial charge in [0.15, 0.2) is 17.5 Å². The molecule has 0 radical (unpaired) electrons. The Hall–Kier alpha value is -1.36. The normalized spacial score (nSPS) is 15.7. The summed E-state index contributed by atoms with van der Waals surface area (Å²) < 4.78 is 34.6. The van der Waals surface area contributed by atoms with Crippen LogP contribution in [0.25, 0.3) is 0 Å². The van der Waals surface area contributed by atoms with Crippen LogP contribution in [0.1, 0.15) is 31.7 Å². The van der Waals surface area contributed by atoms with E-state index >= 15 is 0 Å². The first-order chi connectivity index (χ1) is 13.5. The molecule has 0 unspecified atom stereocenters. The molecule has 1 aliphatic heterocycles. The van der Waals surface area contributed by atoms with Crippen LogP contribution >= 0.6 is 24.0 Å². The summed E-state index contributed by atoms with van der Waals surface area (Å²) in [5.41, 5.74) is 0.793. The molecule has 1 aliphatic rings. The minimum absolute atomic E-state index is 0. The van der Waals surface area contributed by atoms with E-state index in [0.717, 1.165) is 31.0 Å². The van der Waals surface area contributed by atoms with E-state index in [-0.39, 0.29) is 35.5 Å². The van der Waals surface area contributed by atoms with Gasteiger partial charge in [-0.25, -0.2) is 0 Å². The van der Waals surface area contributed by atoms with E-state index in [4.69, 9.17) is 4.74 Å². The number of rotatable bonds is 9. The van der Waals surface area contributed by atoms with Crippen LogP contribution in [-0.4, -0.2) is 57.8 Å². The van der Waals surface area contributed by atoms with Crippen molar-refractivity contribution in [2.75, 3.05) is 40.3 Å². The first-order valence-electron chi connectivity index (χ1n) is 9.80. The number of benzene rings is 1. The second-order valence-corrected chi connectivity index (χ2v) is 7.09. The van der Waals surface area contributed by atoms with Gasteiger partial charge in [0, 0.05) is 20.1 Å². The molecule has 1 aromatic carbocycles. The largest absolute Gasteiger partial charge is 0.493 e. The number of piperidine rings is 1. The van der Waals surface area contributed by atoms with E-state index in [1.165, 1.54) is 33.0 Å². The third kappa shape index (κ3) is 9.33. The molecule has 2 N–H and O–H groups in total. The number of aliphatic imine (C=N–C) groups is 1. The summed E-state index contributed by atoms with van der Waals surface area (Å²) in [7, 11) is 3.13. The van der Waals surface area contributed by atoms with Crippen molar-refractivity contribution in [3.8, 4) is 11.5 Å². The summed E-state index contributed by atoms with van der Waals surface area (Å²) in [6, 6.07) is 4.96. The number of likely N-dealkylation sites (tertiary alicyclic amines) is 1. The number of hydrogen-bond donors (Lipinski definition) is 2. The Morgan fingerprint density at radius 3 is 2.59 bits per heavy atom. The van der Waals surface area contributed by atoms with Gasteiger partial charge >= 0.3 is 6.61 Å². The van der Waals surface area contributed by atoms with Crippen LogP contribution < -0.4 is 20.1 Å². The fourth-order valence-electron chi connectivity index (χ4n) is 3.22. The quantitative estimate of drug-likeness (QED) is 0.223. The molecule has 1 aromatic rings. The van der Waals surface area contributed by atoms with Crippen molar-refractivity contribution in [2.45, 2.75) is 39.3 Å². The number of alkyl halides is 2. The first-order valence-corrected chi connectivity index (χ1v) is 9.80. The number of ether oxygens (including phenoxy) is 2. The maximum atomic E-state index is 12.5. The van der Waals surface area contributed by atoms with Crippen molar-refractivity contribution in [3.63, 3.8) is 0 Å². The molecule has 9 heteroatoms. The van der Waals surface area contributed by atoms with Gasteiger partial charge in [0.1, 0.15) is 0 Å². The third-order valence-electron chi connectivity index (χ3n) is 4.95. The molecule has 0 aliphatic carbocycles. The monoisotopic (exact) mass is 526 g/mol. The zero-order valence-corrected chi connectivity index (χ0v) is 19.7. The van der Waals surface area contributed by atoms with Gasteiger partial charge in [0.2, 0.25) is 0 Å². The predicted molar refractivity (Wildman–Crippen MR) is 123 cm³/mol. The maximum Gasteiger partial charge on any atom is 0.387 e. The molecule has 2 rings (SSSR count). The lowest BCUT2D eigenvalue weighted by Crippen LogP contribution is -2.39.